The van der Waals surface area contributed by atoms with E-state index in [0.717, 1.165) is 11.5 Å². The van der Waals surface area contributed by atoms with Crippen molar-refractivity contribution < 1.29 is 4.79 Å². The van der Waals surface area contributed by atoms with Gasteiger partial charge in [0.2, 0.25) is 5.91 Å². The Morgan fingerprint density at radius 1 is 1.11 bits per heavy atom. The summed E-state index contributed by atoms with van der Waals surface area (Å²) in [4.78, 5) is 12.4. The molecule has 0 saturated heterocycles. The Morgan fingerprint density at radius 2 is 1.75 bits per heavy atom. The zero-order valence-electron chi connectivity index (χ0n) is 15.3. The molecule has 3 rings (SSSR count). The number of rotatable bonds is 7. The van der Waals surface area contributed by atoms with Crippen LogP contribution in [0.5, 0.6) is 0 Å². The van der Waals surface area contributed by atoms with Crippen molar-refractivity contribution in [1.82, 2.24) is 14.8 Å². The Hall–Kier alpha value is -2.22. The molecule has 0 radical (unpaired) electrons. The SMILES string of the molecule is C[C@@H](Sc1nnc(CNc2cccc(Cl)c2)n1C)C(=O)Nc1cccc(Cl)c1. The van der Waals surface area contributed by atoms with Crippen LogP contribution in [0.2, 0.25) is 10.0 Å². The number of benzene rings is 2. The second-order valence-electron chi connectivity index (χ2n) is 6.08. The zero-order chi connectivity index (χ0) is 20.1. The molecule has 0 saturated carbocycles. The van der Waals surface area contributed by atoms with Gasteiger partial charge in [0.1, 0.15) is 0 Å². The third-order valence-corrected chi connectivity index (χ3v) is 5.55. The fourth-order valence-electron chi connectivity index (χ4n) is 2.40. The quantitative estimate of drug-likeness (QED) is 0.518. The second kappa shape index (κ2) is 9.32. The molecule has 3 aromatic rings. The fourth-order valence-corrected chi connectivity index (χ4v) is 3.62. The van der Waals surface area contributed by atoms with Gasteiger partial charge in [0.15, 0.2) is 11.0 Å². The first-order valence-electron chi connectivity index (χ1n) is 8.53. The molecule has 0 aliphatic carbocycles. The van der Waals surface area contributed by atoms with Crippen molar-refractivity contribution in [3.8, 4) is 0 Å². The van der Waals surface area contributed by atoms with Crippen LogP contribution < -0.4 is 10.6 Å². The first-order chi connectivity index (χ1) is 13.4. The maximum absolute atomic E-state index is 12.4. The van der Waals surface area contributed by atoms with E-state index in [0.29, 0.717) is 27.4 Å². The zero-order valence-corrected chi connectivity index (χ0v) is 17.6. The number of carbonyl (C=O) groups excluding carboxylic acids is 1. The molecule has 0 bridgehead atoms. The Bertz CT molecular complexity index is 978. The van der Waals surface area contributed by atoms with Gasteiger partial charge in [-0.05, 0) is 43.3 Å². The highest BCUT2D eigenvalue weighted by Crippen LogP contribution is 2.24. The number of halogens is 2. The molecule has 2 aromatic carbocycles. The molecule has 9 heteroatoms. The van der Waals surface area contributed by atoms with Gasteiger partial charge in [-0.15, -0.1) is 10.2 Å². The molecule has 6 nitrogen and oxygen atoms in total. The summed E-state index contributed by atoms with van der Waals surface area (Å²) in [7, 11) is 1.87. The van der Waals surface area contributed by atoms with Crippen molar-refractivity contribution >= 4 is 52.2 Å². The van der Waals surface area contributed by atoms with Crippen LogP contribution in [0.3, 0.4) is 0 Å². The van der Waals surface area contributed by atoms with Crippen molar-refractivity contribution in [3.05, 3.63) is 64.4 Å². The summed E-state index contributed by atoms with van der Waals surface area (Å²) in [6, 6.07) is 14.5. The molecular weight excluding hydrogens is 417 g/mol. The van der Waals surface area contributed by atoms with E-state index in [-0.39, 0.29) is 11.2 Å². The van der Waals surface area contributed by atoms with E-state index in [4.69, 9.17) is 23.2 Å². The minimum atomic E-state index is -0.351. The van der Waals surface area contributed by atoms with Crippen molar-refractivity contribution in [2.75, 3.05) is 10.6 Å². The van der Waals surface area contributed by atoms with E-state index in [1.807, 2.05) is 42.8 Å². The molecule has 28 heavy (non-hydrogen) atoms. The molecule has 0 unspecified atom stereocenters. The summed E-state index contributed by atoms with van der Waals surface area (Å²) in [5, 5.41) is 16.1. The standard InChI is InChI=1S/C19H19Cl2N5OS/c1-12(18(27)23-16-8-4-6-14(21)10-16)28-19-25-24-17(26(19)2)11-22-15-7-3-5-13(20)9-15/h3-10,12,22H,11H2,1-2H3,(H,23,27)/t12-/m1/s1. The second-order valence-corrected chi connectivity index (χ2v) is 8.26. The van der Waals surface area contributed by atoms with Crippen LogP contribution in [0.25, 0.3) is 0 Å². The average molecular weight is 436 g/mol. The van der Waals surface area contributed by atoms with Gasteiger partial charge in [-0.2, -0.15) is 0 Å². The van der Waals surface area contributed by atoms with Crippen molar-refractivity contribution in [2.45, 2.75) is 23.9 Å². The Labute approximate surface area is 177 Å². The first-order valence-corrected chi connectivity index (χ1v) is 10.2. The lowest BCUT2D eigenvalue weighted by Gasteiger charge is -2.12. The van der Waals surface area contributed by atoms with Gasteiger partial charge in [-0.1, -0.05) is 47.1 Å². The molecule has 146 valence electrons. The maximum atomic E-state index is 12.4. The highest BCUT2D eigenvalue weighted by molar-refractivity contribution is 8.00. The van der Waals surface area contributed by atoms with E-state index in [1.54, 1.807) is 24.3 Å². The molecule has 1 heterocycles. The molecule has 0 aliphatic rings. The van der Waals surface area contributed by atoms with E-state index in [9.17, 15) is 4.79 Å². The van der Waals surface area contributed by atoms with Gasteiger partial charge < -0.3 is 15.2 Å². The largest absolute Gasteiger partial charge is 0.378 e. The summed E-state index contributed by atoms with van der Waals surface area (Å²) < 4.78 is 1.87. The number of anilines is 2. The first kappa shape index (κ1) is 20.5. The number of hydrogen-bond donors (Lipinski definition) is 2. The lowest BCUT2D eigenvalue weighted by Crippen LogP contribution is -2.22. The van der Waals surface area contributed by atoms with Gasteiger partial charge >= 0.3 is 0 Å². The van der Waals surface area contributed by atoms with Gasteiger partial charge in [-0.25, -0.2) is 0 Å². The lowest BCUT2D eigenvalue weighted by atomic mass is 10.3. The summed E-state index contributed by atoms with van der Waals surface area (Å²) in [5.74, 6) is 0.624. The number of carbonyl (C=O) groups is 1. The molecule has 0 aliphatic heterocycles. The van der Waals surface area contributed by atoms with Crippen molar-refractivity contribution in [3.63, 3.8) is 0 Å². The van der Waals surface area contributed by atoms with Gasteiger partial charge in [0.25, 0.3) is 0 Å². The topological polar surface area (TPSA) is 71.8 Å². The van der Waals surface area contributed by atoms with Crippen LogP contribution in [-0.2, 0) is 18.4 Å². The molecular formula is C19H19Cl2N5OS. The number of thioether (sulfide) groups is 1. The minimum absolute atomic E-state index is 0.131. The smallest absolute Gasteiger partial charge is 0.237 e. The number of aromatic nitrogens is 3. The fraction of sp³-hybridized carbons (Fsp3) is 0.211. The van der Waals surface area contributed by atoms with Gasteiger partial charge in [-0.3, -0.25) is 4.79 Å². The molecule has 0 spiro atoms. The van der Waals surface area contributed by atoms with Crippen LogP contribution in [0.4, 0.5) is 11.4 Å². The van der Waals surface area contributed by atoms with Crippen LogP contribution in [0, 0.1) is 0 Å². The third-order valence-electron chi connectivity index (χ3n) is 3.94. The minimum Gasteiger partial charge on any atom is -0.378 e. The molecule has 1 aromatic heterocycles. The van der Waals surface area contributed by atoms with E-state index < -0.39 is 0 Å². The monoisotopic (exact) mass is 435 g/mol. The van der Waals surface area contributed by atoms with E-state index in [1.165, 1.54) is 11.8 Å². The number of nitrogens with zero attached hydrogens (tertiary/aromatic N) is 3. The van der Waals surface area contributed by atoms with E-state index >= 15 is 0 Å². The molecule has 2 N–H and O–H groups in total. The Morgan fingerprint density at radius 3 is 2.43 bits per heavy atom. The van der Waals surface area contributed by atoms with Crippen LogP contribution in [0.1, 0.15) is 12.7 Å². The van der Waals surface area contributed by atoms with Gasteiger partial charge in [0.05, 0.1) is 11.8 Å². The number of amides is 1. The lowest BCUT2D eigenvalue weighted by molar-refractivity contribution is -0.115. The predicted octanol–water partition coefficient (Wildman–Crippen LogP) is 4.85. The Kier molecular flexibility index (Phi) is 6.83. The normalized spacial score (nSPS) is 11.9. The molecule has 1 atom stereocenters. The summed E-state index contributed by atoms with van der Waals surface area (Å²) >= 11 is 13.3. The van der Waals surface area contributed by atoms with Crippen LogP contribution in [0.15, 0.2) is 53.7 Å². The third kappa shape index (κ3) is 5.41. The van der Waals surface area contributed by atoms with Gasteiger partial charge in [0, 0.05) is 28.5 Å². The van der Waals surface area contributed by atoms with Crippen molar-refractivity contribution in [2.24, 2.45) is 7.05 Å². The van der Waals surface area contributed by atoms with Crippen LogP contribution in [-0.4, -0.2) is 25.9 Å². The highest BCUT2D eigenvalue weighted by Gasteiger charge is 2.19. The van der Waals surface area contributed by atoms with E-state index in [2.05, 4.69) is 20.8 Å². The summed E-state index contributed by atoms with van der Waals surface area (Å²) in [5.41, 5.74) is 1.56. The molecule has 0 fully saturated rings. The predicted molar refractivity (Wildman–Crippen MR) is 115 cm³/mol. The number of hydrogen-bond acceptors (Lipinski definition) is 5. The molecule has 1 amide bonds. The number of nitrogens with one attached hydrogen (secondary N) is 2. The van der Waals surface area contributed by atoms with Crippen LogP contribution >= 0.6 is 35.0 Å². The van der Waals surface area contributed by atoms with Crippen molar-refractivity contribution in [1.29, 1.82) is 0 Å². The summed E-state index contributed by atoms with van der Waals surface area (Å²) in [6.45, 7) is 2.32. The average Bonchev–Trinajstić information content (AvgIpc) is 3.00. The Balaban J connectivity index is 1.59. The summed E-state index contributed by atoms with van der Waals surface area (Å²) in [6.07, 6.45) is 0. The maximum Gasteiger partial charge on any atom is 0.237 e. The highest BCUT2D eigenvalue weighted by atomic mass is 35.5.